The van der Waals surface area contributed by atoms with E-state index in [2.05, 4.69) is 42.4 Å². The van der Waals surface area contributed by atoms with Gasteiger partial charge in [-0.15, -0.1) is 0 Å². The molecule has 212 valence electrons. The van der Waals surface area contributed by atoms with Gasteiger partial charge in [0.05, 0.1) is 20.7 Å². The van der Waals surface area contributed by atoms with Gasteiger partial charge < -0.3 is 23.4 Å². The van der Waals surface area contributed by atoms with Gasteiger partial charge in [0, 0.05) is 29.8 Å². The predicted molar refractivity (Wildman–Crippen MR) is 163 cm³/mol. The molecule has 0 fully saturated rings. The summed E-state index contributed by atoms with van der Waals surface area (Å²) in [5, 5.41) is 0. The summed E-state index contributed by atoms with van der Waals surface area (Å²) in [6.45, 7) is 3.34. The van der Waals surface area contributed by atoms with Crippen LogP contribution in [0.1, 0.15) is 22.3 Å². The highest BCUT2D eigenvalue weighted by molar-refractivity contribution is 5.48. The summed E-state index contributed by atoms with van der Waals surface area (Å²) >= 11 is 0. The van der Waals surface area contributed by atoms with Crippen molar-refractivity contribution < 1.29 is 23.4 Å². The zero-order valence-corrected chi connectivity index (χ0v) is 24.0. The lowest BCUT2D eigenvalue weighted by Crippen LogP contribution is -2.46. The van der Waals surface area contributed by atoms with Gasteiger partial charge in [-0.05, 0) is 65.7 Å². The third kappa shape index (κ3) is 6.73. The van der Waals surface area contributed by atoms with Crippen LogP contribution >= 0.6 is 0 Å². The molecule has 1 unspecified atom stereocenters. The summed E-state index contributed by atoms with van der Waals surface area (Å²) in [6, 6.07) is 35.8. The Morgan fingerprint density at radius 3 is 2.05 bits per heavy atom. The van der Waals surface area contributed by atoms with E-state index in [0.717, 1.165) is 59.1 Å². The molecule has 5 aromatic rings. The monoisotopic (exact) mass is 559 g/mol. The Hall–Kier alpha value is -4.81. The molecule has 1 aliphatic heterocycles. The normalized spacial score (nSPS) is 15.9. The number of hydrogen-bond acceptors (Lipinski definition) is 5. The Balaban J connectivity index is 1.08. The lowest BCUT2D eigenvalue weighted by Gasteiger charge is -2.39. The lowest BCUT2D eigenvalue weighted by molar-refractivity contribution is -0.937. The number of fused-ring (bicyclic) bond motifs is 1. The van der Waals surface area contributed by atoms with Crippen molar-refractivity contribution >= 4 is 0 Å². The van der Waals surface area contributed by atoms with Crippen LogP contribution in [0.4, 0.5) is 0 Å². The van der Waals surface area contributed by atoms with Crippen LogP contribution in [0.5, 0.6) is 34.6 Å². The molecule has 6 nitrogen and oxygen atoms in total. The third-order valence-corrected chi connectivity index (χ3v) is 7.58. The molecule has 0 spiro atoms. The topological polar surface area (TPSA) is 49.8 Å². The highest BCUT2D eigenvalue weighted by Gasteiger charge is 2.30. The summed E-state index contributed by atoms with van der Waals surface area (Å²) < 4.78 is 24.6. The van der Waals surface area contributed by atoms with E-state index in [1.807, 2.05) is 85.1 Å². The Bertz CT molecular complexity index is 1610. The van der Waals surface area contributed by atoms with Crippen molar-refractivity contribution in [2.24, 2.45) is 0 Å². The summed E-state index contributed by atoms with van der Waals surface area (Å²) in [4.78, 5) is 4.59. The van der Waals surface area contributed by atoms with Gasteiger partial charge in [0.25, 0.3) is 0 Å². The second-order valence-electron chi connectivity index (χ2n) is 10.9. The zero-order valence-electron chi connectivity index (χ0n) is 24.0. The first-order valence-electron chi connectivity index (χ1n) is 14.2. The molecule has 1 aliphatic rings. The number of rotatable bonds is 10. The van der Waals surface area contributed by atoms with Gasteiger partial charge in [0.1, 0.15) is 36.9 Å². The molecule has 1 aromatic heterocycles. The second kappa shape index (κ2) is 12.4. The highest BCUT2D eigenvalue weighted by Crippen LogP contribution is 2.36. The molecule has 2 heterocycles. The van der Waals surface area contributed by atoms with Crippen molar-refractivity contribution in [1.29, 1.82) is 0 Å². The zero-order chi connectivity index (χ0) is 28.8. The summed E-state index contributed by atoms with van der Waals surface area (Å²) in [5.74, 6) is 4.41. The predicted octanol–water partition coefficient (Wildman–Crippen LogP) is 7.96. The molecule has 42 heavy (non-hydrogen) atoms. The minimum Gasteiger partial charge on any atom is -0.493 e. The van der Waals surface area contributed by atoms with Crippen molar-refractivity contribution in [1.82, 2.24) is 4.98 Å². The lowest BCUT2D eigenvalue weighted by atomic mass is 9.96. The first-order valence-corrected chi connectivity index (χ1v) is 14.2. The van der Waals surface area contributed by atoms with E-state index in [4.69, 9.17) is 18.9 Å². The van der Waals surface area contributed by atoms with E-state index in [1.165, 1.54) is 16.7 Å². The number of nitrogens with zero attached hydrogens (tertiary/aromatic N) is 2. The average molecular weight is 560 g/mol. The Labute approximate surface area is 247 Å². The van der Waals surface area contributed by atoms with E-state index in [1.54, 1.807) is 7.11 Å². The van der Waals surface area contributed by atoms with E-state index >= 15 is 0 Å². The summed E-state index contributed by atoms with van der Waals surface area (Å²) in [7, 11) is 4.01. The molecule has 0 saturated heterocycles. The number of aromatic nitrogens is 1. The van der Waals surface area contributed by atoms with Crippen LogP contribution < -0.4 is 18.9 Å². The van der Waals surface area contributed by atoms with Gasteiger partial charge in [-0.2, -0.15) is 0 Å². The van der Waals surface area contributed by atoms with E-state index < -0.39 is 0 Å². The van der Waals surface area contributed by atoms with Gasteiger partial charge in [-0.1, -0.05) is 48.5 Å². The quantitative estimate of drug-likeness (QED) is 0.163. The van der Waals surface area contributed by atoms with Gasteiger partial charge >= 0.3 is 0 Å². The molecule has 1 atom stereocenters. The van der Waals surface area contributed by atoms with E-state index in [9.17, 15) is 0 Å². The van der Waals surface area contributed by atoms with E-state index in [0.29, 0.717) is 18.2 Å². The average Bonchev–Trinajstić information content (AvgIpc) is 3.02. The molecule has 0 N–H and O–H groups in total. The third-order valence-electron chi connectivity index (χ3n) is 7.58. The molecule has 0 radical (unpaired) electrons. The van der Waals surface area contributed by atoms with Crippen LogP contribution in [0, 0.1) is 0 Å². The maximum absolute atomic E-state index is 6.20. The molecule has 0 aliphatic carbocycles. The second-order valence-corrected chi connectivity index (χ2v) is 10.9. The van der Waals surface area contributed by atoms with E-state index in [-0.39, 0.29) is 0 Å². The summed E-state index contributed by atoms with van der Waals surface area (Å²) in [6.07, 6.45) is 2.91. The number of para-hydroxylation sites is 1. The van der Waals surface area contributed by atoms with Gasteiger partial charge in [-0.25, -0.2) is 4.98 Å². The highest BCUT2D eigenvalue weighted by atomic mass is 16.5. The van der Waals surface area contributed by atoms with Crippen LogP contribution in [0.2, 0.25) is 0 Å². The van der Waals surface area contributed by atoms with Crippen molar-refractivity contribution in [2.75, 3.05) is 20.7 Å². The Kier molecular flexibility index (Phi) is 8.06. The van der Waals surface area contributed by atoms with Crippen molar-refractivity contribution in [3.63, 3.8) is 0 Å². The largest absolute Gasteiger partial charge is 0.493 e. The fourth-order valence-corrected chi connectivity index (χ4v) is 5.37. The number of likely N-dealkylation sites (N-methyl/N-ethyl adjacent to an activating group) is 1. The van der Waals surface area contributed by atoms with Crippen LogP contribution in [-0.4, -0.2) is 30.2 Å². The van der Waals surface area contributed by atoms with Gasteiger partial charge in [0.2, 0.25) is 5.88 Å². The molecule has 0 amide bonds. The number of hydrogen-bond donors (Lipinski definition) is 0. The first-order chi connectivity index (χ1) is 20.5. The first kappa shape index (κ1) is 27.4. The number of ether oxygens (including phenoxy) is 4. The van der Waals surface area contributed by atoms with Crippen LogP contribution in [0.3, 0.4) is 0 Å². The molecule has 6 heteroatoms. The summed E-state index contributed by atoms with van der Waals surface area (Å²) in [5.41, 5.74) is 4.94. The SMILES string of the molecule is COc1cc2c(cc1OCc1ccccc1)C[N+](C)(Cc1ccc(Oc3ccc(Oc4ccccc4)cc3)nc1)CC2. The van der Waals surface area contributed by atoms with Crippen LogP contribution in [0.15, 0.2) is 115 Å². The van der Waals surface area contributed by atoms with Gasteiger partial charge in [0.15, 0.2) is 11.5 Å². The Morgan fingerprint density at radius 2 is 1.36 bits per heavy atom. The minimum absolute atomic E-state index is 0.508. The fraction of sp³-hybridized carbons (Fsp3) is 0.194. The number of quaternary nitrogens is 1. The standard InChI is InChI=1S/C36H35N2O4/c1-38(20-19-29-21-34(39-2)35(22-30(29)25-38)40-26-27-9-5-3-6-10-27)24-28-13-18-36(37-23-28)42-33-16-14-32(15-17-33)41-31-11-7-4-8-12-31/h3-18,21-23H,19-20,24-26H2,1-2H3/q+1. The van der Waals surface area contributed by atoms with Crippen molar-refractivity contribution in [2.45, 2.75) is 26.1 Å². The Morgan fingerprint density at radius 1 is 0.690 bits per heavy atom. The number of methoxy groups -OCH3 is 1. The molecule has 0 bridgehead atoms. The van der Waals surface area contributed by atoms with Crippen LogP contribution in [-0.2, 0) is 26.1 Å². The molecular formula is C36H35N2O4+. The number of pyridine rings is 1. The molecule has 4 aromatic carbocycles. The smallest absolute Gasteiger partial charge is 0.219 e. The molecule has 6 rings (SSSR count). The van der Waals surface area contributed by atoms with Crippen molar-refractivity contribution in [3.8, 4) is 34.6 Å². The molecule has 0 saturated carbocycles. The maximum atomic E-state index is 6.20. The molecular weight excluding hydrogens is 524 g/mol. The number of benzene rings is 4. The minimum atomic E-state index is 0.508. The van der Waals surface area contributed by atoms with Crippen LogP contribution in [0.25, 0.3) is 0 Å². The fourth-order valence-electron chi connectivity index (χ4n) is 5.37. The van der Waals surface area contributed by atoms with Crippen molar-refractivity contribution in [3.05, 3.63) is 138 Å². The van der Waals surface area contributed by atoms with Gasteiger partial charge in [-0.3, -0.25) is 0 Å². The maximum Gasteiger partial charge on any atom is 0.219 e.